The molecule has 0 unspecified atom stereocenters. The highest BCUT2D eigenvalue weighted by Crippen LogP contribution is 2.22. The maximum atomic E-state index is 12.2. The molecule has 2 heterocycles. The SMILES string of the molecule is COc1cncc(C(=O)c2ncc(Br)cc2Br)c1. The number of aromatic nitrogens is 2. The summed E-state index contributed by atoms with van der Waals surface area (Å²) in [5.74, 6) is 0.329. The number of ether oxygens (including phenoxy) is 1. The Morgan fingerprint density at radius 3 is 2.67 bits per heavy atom. The molecule has 2 aromatic heterocycles. The first-order valence-corrected chi connectivity index (χ1v) is 6.55. The average molecular weight is 372 g/mol. The lowest BCUT2D eigenvalue weighted by molar-refractivity contribution is 0.103. The van der Waals surface area contributed by atoms with Crippen molar-refractivity contribution in [3.8, 4) is 5.75 Å². The van der Waals surface area contributed by atoms with E-state index in [0.29, 0.717) is 21.5 Å². The molecule has 0 aliphatic rings. The molecule has 0 aliphatic heterocycles. The fourth-order valence-electron chi connectivity index (χ4n) is 1.37. The number of halogens is 2. The second-order valence-electron chi connectivity index (χ2n) is 3.43. The molecular formula is C12H8Br2N2O2. The Labute approximate surface area is 121 Å². The number of ketones is 1. The molecule has 0 amide bonds. The summed E-state index contributed by atoms with van der Waals surface area (Å²) in [5, 5.41) is 0. The Morgan fingerprint density at radius 2 is 2.00 bits per heavy atom. The summed E-state index contributed by atoms with van der Waals surface area (Å²) >= 11 is 6.60. The minimum absolute atomic E-state index is 0.208. The van der Waals surface area contributed by atoms with Crippen molar-refractivity contribution in [1.29, 1.82) is 0 Å². The molecule has 0 radical (unpaired) electrons. The Hall–Kier alpha value is -1.27. The van der Waals surface area contributed by atoms with Gasteiger partial charge in [0.05, 0.1) is 13.3 Å². The number of pyridine rings is 2. The van der Waals surface area contributed by atoms with Crippen molar-refractivity contribution in [2.75, 3.05) is 7.11 Å². The summed E-state index contributed by atoms with van der Waals surface area (Å²) in [5.41, 5.74) is 0.776. The molecule has 0 fully saturated rings. The van der Waals surface area contributed by atoms with Gasteiger partial charge < -0.3 is 4.74 Å². The van der Waals surface area contributed by atoms with Crippen LogP contribution in [0.25, 0.3) is 0 Å². The van der Waals surface area contributed by atoms with Gasteiger partial charge >= 0.3 is 0 Å². The van der Waals surface area contributed by atoms with Gasteiger partial charge in [0.1, 0.15) is 11.4 Å². The summed E-state index contributed by atoms with van der Waals surface area (Å²) in [4.78, 5) is 20.3. The zero-order valence-corrected chi connectivity index (χ0v) is 12.5. The Bertz CT molecular complexity index is 602. The van der Waals surface area contributed by atoms with E-state index in [9.17, 15) is 4.79 Å². The van der Waals surface area contributed by atoms with E-state index in [2.05, 4.69) is 41.8 Å². The molecule has 0 saturated heterocycles. The van der Waals surface area contributed by atoms with Gasteiger partial charge in [-0.25, -0.2) is 0 Å². The van der Waals surface area contributed by atoms with Crippen LogP contribution in [0, 0.1) is 0 Å². The van der Waals surface area contributed by atoms with Gasteiger partial charge in [-0.15, -0.1) is 0 Å². The number of nitrogens with zero attached hydrogens (tertiary/aromatic N) is 2. The Kier molecular flexibility index (Phi) is 4.08. The molecule has 0 bridgehead atoms. The molecule has 2 aromatic rings. The van der Waals surface area contributed by atoms with Crippen molar-refractivity contribution < 1.29 is 9.53 Å². The van der Waals surface area contributed by atoms with E-state index in [1.54, 1.807) is 24.5 Å². The van der Waals surface area contributed by atoms with Gasteiger partial charge in [-0.05, 0) is 44.0 Å². The third kappa shape index (κ3) is 2.76. The molecule has 18 heavy (non-hydrogen) atoms. The monoisotopic (exact) mass is 370 g/mol. The Balaban J connectivity index is 2.41. The van der Waals surface area contributed by atoms with Crippen LogP contribution in [0.3, 0.4) is 0 Å². The van der Waals surface area contributed by atoms with E-state index in [-0.39, 0.29) is 5.78 Å². The third-order valence-electron chi connectivity index (χ3n) is 2.23. The minimum atomic E-state index is -0.208. The zero-order valence-electron chi connectivity index (χ0n) is 9.35. The van der Waals surface area contributed by atoms with Crippen molar-refractivity contribution in [3.05, 3.63) is 50.9 Å². The molecular weight excluding hydrogens is 364 g/mol. The fourth-order valence-corrected chi connectivity index (χ4v) is 2.54. The van der Waals surface area contributed by atoms with Gasteiger partial charge in [0.2, 0.25) is 5.78 Å². The molecule has 0 atom stereocenters. The molecule has 2 rings (SSSR count). The van der Waals surface area contributed by atoms with Crippen LogP contribution >= 0.6 is 31.9 Å². The molecule has 0 aromatic carbocycles. The van der Waals surface area contributed by atoms with Crippen LogP contribution in [0.15, 0.2) is 39.7 Å². The summed E-state index contributed by atoms with van der Waals surface area (Å²) in [6.07, 6.45) is 4.60. The smallest absolute Gasteiger partial charge is 0.214 e. The van der Waals surface area contributed by atoms with E-state index >= 15 is 0 Å². The first-order chi connectivity index (χ1) is 8.61. The second kappa shape index (κ2) is 5.58. The van der Waals surface area contributed by atoms with Crippen molar-refractivity contribution >= 4 is 37.6 Å². The summed E-state index contributed by atoms with van der Waals surface area (Å²) in [6, 6.07) is 3.40. The number of hydrogen-bond acceptors (Lipinski definition) is 4. The quantitative estimate of drug-likeness (QED) is 0.777. The fraction of sp³-hybridized carbons (Fsp3) is 0.0833. The second-order valence-corrected chi connectivity index (χ2v) is 5.20. The van der Waals surface area contributed by atoms with E-state index in [0.717, 1.165) is 4.47 Å². The van der Waals surface area contributed by atoms with Crippen LogP contribution in [-0.2, 0) is 0 Å². The van der Waals surface area contributed by atoms with Crippen LogP contribution in [0.4, 0.5) is 0 Å². The number of methoxy groups -OCH3 is 1. The lowest BCUT2D eigenvalue weighted by Crippen LogP contribution is -2.06. The van der Waals surface area contributed by atoms with Gasteiger partial charge in [0.15, 0.2) is 0 Å². The minimum Gasteiger partial charge on any atom is -0.495 e. The molecule has 0 aliphatic carbocycles. The molecule has 0 N–H and O–H groups in total. The number of hydrogen-bond donors (Lipinski definition) is 0. The van der Waals surface area contributed by atoms with Crippen LogP contribution in [-0.4, -0.2) is 22.9 Å². The predicted molar refractivity (Wildman–Crippen MR) is 73.9 cm³/mol. The van der Waals surface area contributed by atoms with Crippen LogP contribution in [0.1, 0.15) is 16.1 Å². The summed E-state index contributed by atoms with van der Waals surface area (Å²) in [6.45, 7) is 0. The first-order valence-electron chi connectivity index (χ1n) is 4.96. The molecule has 0 saturated carbocycles. The van der Waals surface area contributed by atoms with Gasteiger partial charge in [-0.3, -0.25) is 14.8 Å². The number of carbonyl (C=O) groups excluding carboxylic acids is 1. The topological polar surface area (TPSA) is 52.1 Å². The lowest BCUT2D eigenvalue weighted by atomic mass is 10.1. The summed E-state index contributed by atoms with van der Waals surface area (Å²) in [7, 11) is 1.53. The van der Waals surface area contributed by atoms with Crippen molar-refractivity contribution in [2.24, 2.45) is 0 Å². The number of rotatable bonds is 3. The predicted octanol–water partition coefficient (Wildman–Crippen LogP) is 3.24. The third-order valence-corrected chi connectivity index (χ3v) is 3.27. The van der Waals surface area contributed by atoms with Gasteiger partial charge in [-0.2, -0.15) is 0 Å². The van der Waals surface area contributed by atoms with Crippen molar-refractivity contribution in [2.45, 2.75) is 0 Å². The van der Waals surface area contributed by atoms with Gasteiger partial charge in [-0.1, -0.05) is 0 Å². The van der Waals surface area contributed by atoms with Crippen LogP contribution in [0.2, 0.25) is 0 Å². The zero-order chi connectivity index (χ0) is 13.1. The van der Waals surface area contributed by atoms with Gasteiger partial charge in [0.25, 0.3) is 0 Å². The van der Waals surface area contributed by atoms with Crippen molar-refractivity contribution in [1.82, 2.24) is 9.97 Å². The highest BCUT2D eigenvalue weighted by molar-refractivity contribution is 9.11. The maximum Gasteiger partial charge on any atom is 0.214 e. The molecule has 6 heteroatoms. The van der Waals surface area contributed by atoms with Crippen molar-refractivity contribution in [3.63, 3.8) is 0 Å². The Morgan fingerprint density at radius 1 is 1.22 bits per heavy atom. The highest BCUT2D eigenvalue weighted by atomic mass is 79.9. The molecule has 92 valence electrons. The van der Waals surface area contributed by atoms with E-state index in [1.807, 2.05) is 0 Å². The number of carbonyl (C=O) groups is 1. The van der Waals surface area contributed by atoms with Gasteiger partial charge in [0, 0.05) is 26.9 Å². The van der Waals surface area contributed by atoms with E-state index in [4.69, 9.17) is 4.74 Å². The molecule has 0 spiro atoms. The average Bonchev–Trinajstić information content (AvgIpc) is 2.38. The first kappa shape index (κ1) is 13.2. The molecule has 4 nitrogen and oxygen atoms in total. The standard InChI is InChI=1S/C12H8Br2N2O2/c1-18-9-2-7(4-15-6-9)12(17)11-10(14)3-8(13)5-16-11/h2-6H,1H3. The van der Waals surface area contributed by atoms with E-state index in [1.165, 1.54) is 13.3 Å². The maximum absolute atomic E-state index is 12.2. The van der Waals surface area contributed by atoms with Crippen LogP contribution < -0.4 is 4.74 Å². The largest absolute Gasteiger partial charge is 0.495 e. The normalized spacial score (nSPS) is 10.2. The summed E-state index contributed by atoms with van der Waals surface area (Å²) < 4.78 is 6.47. The highest BCUT2D eigenvalue weighted by Gasteiger charge is 2.15. The van der Waals surface area contributed by atoms with Crippen LogP contribution in [0.5, 0.6) is 5.75 Å². The van der Waals surface area contributed by atoms with E-state index < -0.39 is 0 Å². The lowest BCUT2D eigenvalue weighted by Gasteiger charge is -2.04.